The number of thiazole rings is 1. The lowest BCUT2D eigenvalue weighted by Gasteiger charge is -2.26. The predicted molar refractivity (Wildman–Crippen MR) is 138 cm³/mol. The summed E-state index contributed by atoms with van der Waals surface area (Å²) < 4.78 is 29.0. The summed E-state index contributed by atoms with van der Waals surface area (Å²) in [5, 5.41) is 3.36. The van der Waals surface area contributed by atoms with E-state index in [0.717, 1.165) is 10.4 Å². The zero-order chi connectivity index (χ0) is 24.3. The maximum absolute atomic E-state index is 13.9. The van der Waals surface area contributed by atoms with Crippen LogP contribution in [0.4, 0.5) is 10.8 Å². The summed E-state index contributed by atoms with van der Waals surface area (Å²) in [4.78, 5) is 17.6. The zero-order valence-electron chi connectivity index (χ0n) is 17.9. The van der Waals surface area contributed by atoms with E-state index in [0.29, 0.717) is 10.8 Å². The van der Waals surface area contributed by atoms with E-state index in [1.807, 2.05) is 37.3 Å². The molecule has 1 aromatic heterocycles. The van der Waals surface area contributed by atoms with Crippen molar-refractivity contribution < 1.29 is 13.2 Å². The molecule has 0 spiro atoms. The molecule has 174 valence electrons. The van der Waals surface area contributed by atoms with Crippen molar-refractivity contribution in [3.05, 3.63) is 105 Å². The van der Waals surface area contributed by atoms with Crippen LogP contribution in [0.3, 0.4) is 0 Å². The van der Waals surface area contributed by atoms with Crippen LogP contribution in [0.1, 0.15) is 20.8 Å². The Morgan fingerprint density at radius 1 is 1.00 bits per heavy atom. The number of nitrogens with one attached hydrogen (secondary N) is 1. The van der Waals surface area contributed by atoms with Crippen molar-refractivity contribution in [2.45, 2.75) is 18.4 Å². The van der Waals surface area contributed by atoms with Gasteiger partial charge in [-0.05, 0) is 42.8 Å². The van der Waals surface area contributed by atoms with Crippen LogP contribution in [0, 0.1) is 6.92 Å². The number of nitrogens with zero attached hydrogens (tertiary/aromatic N) is 2. The number of rotatable bonds is 7. The topological polar surface area (TPSA) is 79.4 Å². The molecule has 0 fully saturated rings. The number of amides is 1. The Hall–Kier alpha value is -2.91. The standard InChI is InChI=1S/C24H19Cl2N3O3S2/c1-16-14-27-24(33-16)28-23(30)18-11-12-20(26)22(13-18)34(31,32)29(15-17-7-3-2-4-8-17)21-10-6-5-9-19(21)25/h2-14H,15H2,1H3,(H,27,28,30). The van der Waals surface area contributed by atoms with E-state index >= 15 is 0 Å². The Morgan fingerprint density at radius 2 is 1.71 bits per heavy atom. The molecular formula is C24H19Cl2N3O3S2. The van der Waals surface area contributed by atoms with E-state index in [1.165, 1.54) is 33.8 Å². The van der Waals surface area contributed by atoms with Gasteiger partial charge in [0, 0.05) is 16.6 Å². The highest BCUT2D eigenvalue weighted by molar-refractivity contribution is 7.93. The fraction of sp³-hybridized carbons (Fsp3) is 0.0833. The van der Waals surface area contributed by atoms with Gasteiger partial charge in [-0.25, -0.2) is 13.4 Å². The minimum absolute atomic E-state index is 0.00763. The van der Waals surface area contributed by atoms with Gasteiger partial charge in [0.2, 0.25) is 0 Å². The van der Waals surface area contributed by atoms with E-state index in [9.17, 15) is 13.2 Å². The molecule has 6 nitrogen and oxygen atoms in total. The monoisotopic (exact) mass is 531 g/mol. The molecule has 1 amide bonds. The van der Waals surface area contributed by atoms with E-state index < -0.39 is 15.9 Å². The van der Waals surface area contributed by atoms with Crippen LogP contribution in [-0.4, -0.2) is 19.3 Å². The van der Waals surface area contributed by atoms with E-state index in [4.69, 9.17) is 23.2 Å². The summed E-state index contributed by atoms with van der Waals surface area (Å²) in [5.41, 5.74) is 1.20. The number of benzene rings is 3. The molecule has 1 heterocycles. The van der Waals surface area contributed by atoms with Crippen LogP contribution >= 0.6 is 34.5 Å². The maximum Gasteiger partial charge on any atom is 0.266 e. The van der Waals surface area contributed by atoms with E-state index in [-0.39, 0.29) is 27.0 Å². The molecule has 3 aromatic carbocycles. The second-order valence-corrected chi connectivity index (χ2v) is 11.2. The van der Waals surface area contributed by atoms with Gasteiger partial charge in [-0.3, -0.25) is 14.4 Å². The van der Waals surface area contributed by atoms with Crippen molar-refractivity contribution in [1.29, 1.82) is 0 Å². The minimum atomic E-state index is -4.21. The molecule has 4 rings (SSSR count). The zero-order valence-corrected chi connectivity index (χ0v) is 21.0. The van der Waals surface area contributed by atoms with Gasteiger partial charge in [-0.15, -0.1) is 11.3 Å². The third-order valence-electron chi connectivity index (χ3n) is 4.89. The largest absolute Gasteiger partial charge is 0.298 e. The van der Waals surface area contributed by atoms with Crippen molar-refractivity contribution in [3.8, 4) is 0 Å². The number of aryl methyl sites for hydroxylation is 1. The second-order valence-electron chi connectivity index (χ2n) is 7.32. The molecule has 0 radical (unpaired) electrons. The Morgan fingerprint density at radius 3 is 2.38 bits per heavy atom. The van der Waals surface area contributed by atoms with Crippen LogP contribution < -0.4 is 9.62 Å². The average Bonchev–Trinajstić information content (AvgIpc) is 3.23. The van der Waals surface area contributed by atoms with Crippen molar-refractivity contribution in [3.63, 3.8) is 0 Å². The van der Waals surface area contributed by atoms with Crippen LogP contribution in [0.25, 0.3) is 0 Å². The third-order valence-corrected chi connectivity index (χ3v) is 8.28. The normalized spacial score (nSPS) is 11.3. The van der Waals surface area contributed by atoms with Crippen molar-refractivity contribution in [2.24, 2.45) is 0 Å². The van der Waals surface area contributed by atoms with Gasteiger partial charge in [0.1, 0.15) is 4.90 Å². The van der Waals surface area contributed by atoms with Crippen molar-refractivity contribution in [1.82, 2.24) is 4.98 Å². The van der Waals surface area contributed by atoms with Crippen molar-refractivity contribution >= 4 is 61.3 Å². The molecule has 0 atom stereocenters. The quantitative estimate of drug-likeness (QED) is 0.299. The highest BCUT2D eigenvalue weighted by atomic mass is 35.5. The Kier molecular flexibility index (Phi) is 7.23. The summed E-state index contributed by atoms with van der Waals surface area (Å²) in [5.74, 6) is -0.491. The Labute approximate surface area is 211 Å². The molecule has 34 heavy (non-hydrogen) atoms. The number of para-hydroxylation sites is 1. The van der Waals surface area contributed by atoms with E-state index in [1.54, 1.807) is 30.5 Å². The lowest BCUT2D eigenvalue weighted by molar-refractivity contribution is 0.102. The first-order valence-electron chi connectivity index (χ1n) is 10.1. The third kappa shape index (κ3) is 5.26. The summed E-state index contributed by atoms with van der Waals surface area (Å²) in [6, 6.07) is 19.9. The first-order valence-corrected chi connectivity index (χ1v) is 13.1. The molecule has 0 saturated heterocycles. The molecule has 4 aromatic rings. The number of aromatic nitrogens is 1. The second kappa shape index (κ2) is 10.1. The average molecular weight is 532 g/mol. The fourth-order valence-corrected chi connectivity index (χ4v) is 6.17. The summed E-state index contributed by atoms with van der Waals surface area (Å²) in [7, 11) is -4.21. The SMILES string of the molecule is Cc1cnc(NC(=O)c2ccc(Cl)c(S(=O)(=O)N(Cc3ccccc3)c3ccccc3Cl)c2)s1. The van der Waals surface area contributed by atoms with Gasteiger partial charge in [-0.1, -0.05) is 65.7 Å². The number of halogens is 2. The number of sulfonamides is 1. The molecule has 0 bridgehead atoms. The summed E-state index contributed by atoms with van der Waals surface area (Å²) in [6.07, 6.45) is 1.64. The molecule has 0 saturated carbocycles. The summed E-state index contributed by atoms with van der Waals surface area (Å²) in [6.45, 7) is 1.90. The van der Waals surface area contributed by atoms with Gasteiger partial charge >= 0.3 is 0 Å². The number of hydrogen-bond acceptors (Lipinski definition) is 5. The molecule has 10 heteroatoms. The maximum atomic E-state index is 13.9. The Bertz CT molecular complexity index is 1440. The Balaban J connectivity index is 1.76. The lowest BCUT2D eigenvalue weighted by atomic mass is 10.2. The number of carbonyl (C=O) groups excluding carboxylic acids is 1. The smallest absolute Gasteiger partial charge is 0.266 e. The van der Waals surface area contributed by atoms with Gasteiger partial charge in [0.25, 0.3) is 15.9 Å². The molecule has 0 aliphatic carbocycles. The molecule has 0 aliphatic rings. The highest BCUT2D eigenvalue weighted by Gasteiger charge is 2.30. The van der Waals surface area contributed by atoms with Crippen LogP contribution in [-0.2, 0) is 16.6 Å². The number of hydrogen-bond donors (Lipinski definition) is 1. The first kappa shape index (κ1) is 24.2. The molecular weight excluding hydrogens is 513 g/mol. The molecule has 0 aliphatic heterocycles. The lowest BCUT2D eigenvalue weighted by Crippen LogP contribution is -2.31. The van der Waals surface area contributed by atoms with Gasteiger partial charge in [-0.2, -0.15) is 0 Å². The highest BCUT2D eigenvalue weighted by Crippen LogP contribution is 2.34. The summed E-state index contributed by atoms with van der Waals surface area (Å²) >= 11 is 14.0. The fourth-order valence-electron chi connectivity index (χ4n) is 3.25. The van der Waals surface area contributed by atoms with E-state index in [2.05, 4.69) is 10.3 Å². The van der Waals surface area contributed by atoms with Crippen molar-refractivity contribution in [2.75, 3.05) is 9.62 Å². The van der Waals surface area contributed by atoms with Crippen LogP contribution in [0.2, 0.25) is 10.0 Å². The van der Waals surface area contributed by atoms with Gasteiger partial charge in [0.05, 0.1) is 22.3 Å². The number of carbonyl (C=O) groups is 1. The van der Waals surface area contributed by atoms with Gasteiger partial charge in [0.15, 0.2) is 5.13 Å². The molecule has 1 N–H and O–H groups in total. The first-order chi connectivity index (χ1) is 16.3. The number of anilines is 2. The molecule has 0 unspecified atom stereocenters. The van der Waals surface area contributed by atoms with Gasteiger partial charge < -0.3 is 0 Å². The predicted octanol–water partition coefficient (Wildman–Crippen LogP) is 6.41. The van der Waals surface area contributed by atoms with Crippen LogP contribution in [0.5, 0.6) is 0 Å². The minimum Gasteiger partial charge on any atom is -0.298 e. The van der Waals surface area contributed by atoms with Crippen LogP contribution in [0.15, 0.2) is 83.9 Å².